The van der Waals surface area contributed by atoms with Crippen LogP contribution in [0.4, 0.5) is 5.13 Å². The van der Waals surface area contributed by atoms with Crippen LogP contribution in [0.5, 0.6) is 0 Å². The molecule has 3 heterocycles. The second-order valence-electron chi connectivity index (χ2n) is 5.97. The van der Waals surface area contributed by atoms with Gasteiger partial charge in [0, 0.05) is 28.0 Å². The van der Waals surface area contributed by atoms with Crippen LogP contribution in [0.3, 0.4) is 0 Å². The van der Waals surface area contributed by atoms with Crippen LogP contribution in [0.2, 0.25) is 0 Å². The zero-order valence-corrected chi connectivity index (χ0v) is 15.4. The van der Waals surface area contributed by atoms with Gasteiger partial charge in [-0.2, -0.15) is 0 Å². The van der Waals surface area contributed by atoms with E-state index in [-0.39, 0.29) is 0 Å². The van der Waals surface area contributed by atoms with E-state index in [1.165, 1.54) is 22.2 Å². The molecule has 0 saturated carbocycles. The van der Waals surface area contributed by atoms with Crippen LogP contribution in [0, 0.1) is 6.92 Å². The van der Waals surface area contributed by atoms with Gasteiger partial charge < -0.3 is 9.88 Å². The van der Waals surface area contributed by atoms with Crippen LogP contribution in [0.25, 0.3) is 10.9 Å². The molecular formula is C19H25N3S. The zero-order chi connectivity index (χ0) is 16.6. The third kappa shape index (κ3) is 2.65. The Hall–Kier alpha value is -1.81. The zero-order valence-electron chi connectivity index (χ0n) is 14.6. The Balaban J connectivity index is 0.000000753. The Labute approximate surface area is 142 Å². The van der Waals surface area contributed by atoms with E-state index in [1.807, 2.05) is 13.8 Å². The number of para-hydroxylation sites is 1. The highest BCUT2D eigenvalue weighted by atomic mass is 32.1. The quantitative estimate of drug-likeness (QED) is 0.642. The fourth-order valence-electron chi connectivity index (χ4n) is 3.53. The van der Waals surface area contributed by atoms with Crippen molar-refractivity contribution in [3.8, 4) is 0 Å². The molecule has 2 aromatic heterocycles. The standard InChI is InChI=1S/C17H19N3S.C2H6/c1-10-9-21-17(18-10)20-11(2)8-14-13-6-4-5-7-15(13)19-16(14)12(20)3;1-2/h4-7,9,11-12,19H,8H2,1-3H3;1-2H3. The smallest absolute Gasteiger partial charge is 0.186 e. The van der Waals surface area contributed by atoms with Gasteiger partial charge in [0.15, 0.2) is 5.13 Å². The molecule has 1 aliphatic rings. The summed E-state index contributed by atoms with van der Waals surface area (Å²) in [7, 11) is 0. The van der Waals surface area contributed by atoms with E-state index >= 15 is 0 Å². The number of aromatic amines is 1. The molecule has 0 radical (unpaired) electrons. The molecule has 1 aromatic carbocycles. The first-order valence-corrected chi connectivity index (χ1v) is 9.33. The van der Waals surface area contributed by atoms with Gasteiger partial charge in [0.1, 0.15) is 0 Å². The summed E-state index contributed by atoms with van der Waals surface area (Å²) in [6.07, 6.45) is 1.07. The van der Waals surface area contributed by atoms with Crippen LogP contribution in [-0.4, -0.2) is 16.0 Å². The molecule has 23 heavy (non-hydrogen) atoms. The van der Waals surface area contributed by atoms with Gasteiger partial charge in [0.2, 0.25) is 0 Å². The third-order valence-corrected chi connectivity index (χ3v) is 5.46. The number of fused-ring (bicyclic) bond motifs is 3. The number of hydrogen-bond donors (Lipinski definition) is 1. The molecular weight excluding hydrogens is 302 g/mol. The average molecular weight is 327 g/mol. The molecule has 3 nitrogen and oxygen atoms in total. The largest absolute Gasteiger partial charge is 0.356 e. The maximum absolute atomic E-state index is 4.69. The van der Waals surface area contributed by atoms with Crippen molar-refractivity contribution in [2.75, 3.05) is 4.90 Å². The summed E-state index contributed by atoms with van der Waals surface area (Å²) in [5.74, 6) is 0. The van der Waals surface area contributed by atoms with E-state index in [4.69, 9.17) is 4.98 Å². The van der Waals surface area contributed by atoms with Crippen LogP contribution in [0.15, 0.2) is 29.6 Å². The minimum Gasteiger partial charge on any atom is -0.356 e. The molecule has 4 heteroatoms. The molecule has 0 spiro atoms. The number of hydrogen-bond acceptors (Lipinski definition) is 3. The number of benzene rings is 1. The fraction of sp³-hybridized carbons (Fsp3) is 0.421. The van der Waals surface area contributed by atoms with Crippen molar-refractivity contribution in [1.29, 1.82) is 0 Å². The molecule has 2 atom stereocenters. The van der Waals surface area contributed by atoms with E-state index in [9.17, 15) is 0 Å². The first kappa shape index (κ1) is 16.1. The highest BCUT2D eigenvalue weighted by Crippen LogP contribution is 2.40. The van der Waals surface area contributed by atoms with E-state index < -0.39 is 0 Å². The molecule has 0 bridgehead atoms. The Morgan fingerprint density at radius 2 is 1.96 bits per heavy atom. The van der Waals surface area contributed by atoms with Crippen molar-refractivity contribution in [3.05, 3.63) is 46.6 Å². The average Bonchev–Trinajstić information content (AvgIpc) is 3.14. The maximum Gasteiger partial charge on any atom is 0.186 e. The van der Waals surface area contributed by atoms with Crippen molar-refractivity contribution >= 4 is 27.4 Å². The number of H-pyrrole nitrogens is 1. The molecule has 4 rings (SSSR count). The Morgan fingerprint density at radius 1 is 1.22 bits per heavy atom. The topological polar surface area (TPSA) is 31.9 Å². The molecule has 0 amide bonds. The highest BCUT2D eigenvalue weighted by molar-refractivity contribution is 7.13. The Kier molecular flexibility index (Phi) is 4.44. The summed E-state index contributed by atoms with van der Waals surface area (Å²) in [6, 6.07) is 9.43. The predicted molar refractivity (Wildman–Crippen MR) is 101 cm³/mol. The Bertz CT molecular complexity index is 802. The lowest BCUT2D eigenvalue weighted by atomic mass is 9.94. The molecule has 1 N–H and O–H groups in total. The third-order valence-electron chi connectivity index (χ3n) is 4.48. The van der Waals surface area contributed by atoms with Gasteiger partial charge in [-0.1, -0.05) is 32.0 Å². The highest BCUT2D eigenvalue weighted by Gasteiger charge is 2.33. The van der Waals surface area contributed by atoms with Crippen molar-refractivity contribution in [3.63, 3.8) is 0 Å². The number of nitrogens with one attached hydrogen (secondary N) is 1. The van der Waals surface area contributed by atoms with Gasteiger partial charge in [-0.15, -0.1) is 11.3 Å². The van der Waals surface area contributed by atoms with Crippen LogP contribution in [0.1, 0.15) is 50.7 Å². The first-order valence-electron chi connectivity index (χ1n) is 8.45. The van der Waals surface area contributed by atoms with Gasteiger partial charge in [-0.3, -0.25) is 0 Å². The van der Waals surface area contributed by atoms with Crippen molar-refractivity contribution < 1.29 is 0 Å². The predicted octanol–water partition coefficient (Wildman–Crippen LogP) is 5.47. The monoisotopic (exact) mass is 327 g/mol. The van der Waals surface area contributed by atoms with Gasteiger partial charge in [0.25, 0.3) is 0 Å². The number of aromatic nitrogens is 2. The number of aryl methyl sites for hydroxylation is 1. The lowest BCUT2D eigenvalue weighted by Gasteiger charge is -2.38. The maximum atomic E-state index is 4.69. The van der Waals surface area contributed by atoms with E-state index in [1.54, 1.807) is 11.3 Å². The van der Waals surface area contributed by atoms with Gasteiger partial charge in [-0.05, 0) is 38.8 Å². The van der Waals surface area contributed by atoms with Crippen molar-refractivity contribution in [2.45, 2.75) is 53.1 Å². The molecule has 0 aliphatic carbocycles. The lowest BCUT2D eigenvalue weighted by molar-refractivity contribution is 0.520. The van der Waals surface area contributed by atoms with Crippen molar-refractivity contribution in [1.82, 2.24) is 9.97 Å². The Morgan fingerprint density at radius 3 is 2.65 bits per heavy atom. The van der Waals surface area contributed by atoms with E-state index in [0.29, 0.717) is 12.1 Å². The summed E-state index contributed by atoms with van der Waals surface area (Å²) in [6.45, 7) is 10.6. The second kappa shape index (κ2) is 6.36. The normalized spacial score (nSPS) is 20.1. The van der Waals surface area contributed by atoms with Gasteiger partial charge in [-0.25, -0.2) is 4.98 Å². The number of thiazole rings is 1. The van der Waals surface area contributed by atoms with Crippen LogP contribution < -0.4 is 4.90 Å². The molecule has 122 valence electrons. The molecule has 3 aromatic rings. The minimum absolute atomic E-state index is 0.335. The number of rotatable bonds is 1. The van der Waals surface area contributed by atoms with E-state index in [0.717, 1.165) is 17.2 Å². The summed E-state index contributed by atoms with van der Waals surface area (Å²) in [5.41, 5.74) is 5.19. The van der Waals surface area contributed by atoms with Crippen LogP contribution in [-0.2, 0) is 6.42 Å². The fourth-order valence-corrected chi connectivity index (χ4v) is 4.51. The minimum atomic E-state index is 0.335. The summed E-state index contributed by atoms with van der Waals surface area (Å²) < 4.78 is 0. The van der Waals surface area contributed by atoms with Crippen LogP contribution >= 0.6 is 11.3 Å². The molecule has 0 fully saturated rings. The second-order valence-corrected chi connectivity index (χ2v) is 6.81. The SMILES string of the molecule is CC.Cc1csc(N2C(C)Cc3c([nH]c4ccccc34)C2C)n1. The van der Waals surface area contributed by atoms with Crippen molar-refractivity contribution in [2.24, 2.45) is 0 Å². The van der Waals surface area contributed by atoms with Gasteiger partial charge >= 0.3 is 0 Å². The molecule has 2 unspecified atom stereocenters. The first-order chi connectivity index (χ1) is 11.1. The summed E-state index contributed by atoms with van der Waals surface area (Å²) >= 11 is 1.75. The van der Waals surface area contributed by atoms with Gasteiger partial charge in [0.05, 0.1) is 11.7 Å². The van der Waals surface area contributed by atoms with E-state index in [2.05, 4.69) is 60.3 Å². The molecule has 0 saturated heterocycles. The lowest BCUT2D eigenvalue weighted by Crippen LogP contribution is -2.41. The number of nitrogens with zero attached hydrogens (tertiary/aromatic N) is 2. The summed E-state index contributed by atoms with van der Waals surface area (Å²) in [5, 5.41) is 4.65. The molecule has 1 aliphatic heterocycles. The summed E-state index contributed by atoms with van der Waals surface area (Å²) in [4.78, 5) is 10.8. The number of anilines is 1.